The highest BCUT2D eigenvalue weighted by molar-refractivity contribution is 6.76. The minimum Gasteiger partial charge on any atom is -0.436 e. The highest BCUT2D eigenvalue weighted by Crippen LogP contribution is 2.31. The summed E-state index contributed by atoms with van der Waals surface area (Å²) in [6, 6.07) is 13.1. The molecular formula is C19H17Cl3N2O2. The third-order valence-corrected chi connectivity index (χ3v) is 4.73. The van der Waals surface area contributed by atoms with E-state index >= 15 is 0 Å². The van der Waals surface area contributed by atoms with E-state index in [2.05, 4.69) is 30.2 Å². The molecule has 2 aromatic carbocycles. The standard InChI is InChI=1S/C19H17Cl3N2O2/c1-3-11(2)12-7-8-16-15(10-12)24-17(26-16)13-5-4-6-14(9-13)23-18(25)19(20,21)22/h4-11H,3H2,1-2H3,(H,23,25). The molecule has 0 radical (unpaired) electrons. The van der Waals surface area contributed by atoms with Crippen molar-refractivity contribution in [1.29, 1.82) is 0 Å². The molecule has 0 saturated carbocycles. The van der Waals surface area contributed by atoms with Crippen LogP contribution in [0.2, 0.25) is 0 Å². The van der Waals surface area contributed by atoms with Crippen molar-refractivity contribution < 1.29 is 9.21 Å². The number of carbonyl (C=O) groups is 1. The van der Waals surface area contributed by atoms with Crippen LogP contribution >= 0.6 is 34.8 Å². The highest BCUT2D eigenvalue weighted by atomic mass is 35.6. The topological polar surface area (TPSA) is 55.1 Å². The largest absolute Gasteiger partial charge is 0.436 e. The molecule has 0 aliphatic carbocycles. The van der Waals surface area contributed by atoms with Gasteiger partial charge < -0.3 is 9.73 Å². The number of benzene rings is 2. The number of fused-ring (bicyclic) bond motifs is 1. The first-order valence-electron chi connectivity index (χ1n) is 8.17. The Kier molecular flexibility index (Phi) is 5.47. The lowest BCUT2D eigenvalue weighted by molar-refractivity contribution is -0.115. The zero-order valence-corrected chi connectivity index (χ0v) is 16.5. The minimum absolute atomic E-state index is 0.458. The first kappa shape index (κ1) is 19.0. The normalized spacial score (nSPS) is 13.0. The van der Waals surface area contributed by atoms with E-state index in [-0.39, 0.29) is 0 Å². The Bertz CT molecular complexity index is 947. The molecule has 1 heterocycles. The van der Waals surface area contributed by atoms with Crippen LogP contribution in [0, 0.1) is 0 Å². The van der Waals surface area contributed by atoms with Crippen LogP contribution in [0.1, 0.15) is 31.7 Å². The number of aromatic nitrogens is 1. The van der Waals surface area contributed by atoms with Gasteiger partial charge in [-0.15, -0.1) is 0 Å². The zero-order chi connectivity index (χ0) is 18.9. The average Bonchev–Trinajstić information content (AvgIpc) is 3.03. The molecule has 0 aliphatic rings. The summed E-state index contributed by atoms with van der Waals surface area (Å²) in [6.07, 6.45) is 1.06. The monoisotopic (exact) mass is 410 g/mol. The van der Waals surface area contributed by atoms with Gasteiger partial charge in [0.2, 0.25) is 5.89 Å². The second-order valence-electron chi connectivity index (χ2n) is 6.09. The summed E-state index contributed by atoms with van der Waals surface area (Å²) in [6.45, 7) is 4.33. The van der Waals surface area contributed by atoms with E-state index < -0.39 is 9.70 Å². The van der Waals surface area contributed by atoms with Crippen molar-refractivity contribution in [3.63, 3.8) is 0 Å². The lowest BCUT2D eigenvalue weighted by Crippen LogP contribution is -2.26. The van der Waals surface area contributed by atoms with Crippen LogP contribution < -0.4 is 5.32 Å². The van der Waals surface area contributed by atoms with Crippen LogP contribution in [0.25, 0.3) is 22.6 Å². The maximum atomic E-state index is 11.8. The number of amides is 1. The Morgan fingerprint density at radius 3 is 2.69 bits per heavy atom. The highest BCUT2D eigenvalue weighted by Gasteiger charge is 2.30. The summed E-state index contributed by atoms with van der Waals surface area (Å²) in [5.41, 5.74) is 3.94. The molecule has 3 aromatic rings. The van der Waals surface area contributed by atoms with Crippen molar-refractivity contribution in [2.24, 2.45) is 0 Å². The van der Waals surface area contributed by atoms with Crippen LogP contribution in [-0.2, 0) is 4.79 Å². The Balaban J connectivity index is 1.91. The number of nitrogens with zero attached hydrogens (tertiary/aromatic N) is 1. The molecule has 0 saturated heterocycles. The van der Waals surface area contributed by atoms with Gasteiger partial charge in [0.25, 0.3) is 9.70 Å². The van der Waals surface area contributed by atoms with Crippen LogP contribution in [0.5, 0.6) is 0 Å². The number of oxazole rings is 1. The molecule has 0 fully saturated rings. The van der Waals surface area contributed by atoms with Gasteiger partial charge in [0.05, 0.1) is 0 Å². The second-order valence-corrected chi connectivity index (χ2v) is 8.37. The van der Waals surface area contributed by atoms with Gasteiger partial charge >= 0.3 is 0 Å². The lowest BCUT2D eigenvalue weighted by Gasteiger charge is -2.11. The van der Waals surface area contributed by atoms with Gasteiger partial charge in [-0.25, -0.2) is 4.98 Å². The van der Waals surface area contributed by atoms with E-state index in [1.807, 2.05) is 18.2 Å². The lowest BCUT2D eigenvalue weighted by atomic mass is 9.98. The fourth-order valence-corrected chi connectivity index (χ4v) is 2.68. The molecule has 0 aliphatic heterocycles. The van der Waals surface area contributed by atoms with E-state index in [1.165, 1.54) is 5.56 Å². The third kappa shape index (κ3) is 4.14. The number of hydrogen-bond acceptors (Lipinski definition) is 3. The smallest absolute Gasteiger partial charge is 0.276 e. The van der Waals surface area contributed by atoms with Crippen LogP contribution in [-0.4, -0.2) is 14.7 Å². The molecule has 4 nitrogen and oxygen atoms in total. The van der Waals surface area contributed by atoms with E-state index in [1.54, 1.807) is 18.2 Å². The predicted octanol–water partition coefficient (Wildman–Crippen LogP) is 6.32. The SMILES string of the molecule is CCC(C)c1ccc2oc(-c3cccc(NC(=O)C(Cl)(Cl)Cl)c3)nc2c1. The fraction of sp³-hybridized carbons (Fsp3) is 0.263. The first-order chi connectivity index (χ1) is 12.3. The summed E-state index contributed by atoms with van der Waals surface area (Å²) < 4.78 is 3.82. The molecule has 1 unspecified atom stereocenters. The molecule has 7 heteroatoms. The number of carbonyl (C=O) groups excluding carboxylic acids is 1. The van der Waals surface area contributed by atoms with Crippen molar-refractivity contribution in [3.8, 4) is 11.5 Å². The van der Waals surface area contributed by atoms with Crippen molar-refractivity contribution >= 4 is 57.5 Å². The fourth-order valence-electron chi connectivity index (χ4n) is 2.54. The van der Waals surface area contributed by atoms with E-state index in [0.29, 0.717) is 28.6 Å². The molecule has 1 amide bonds. The van der Waals surface area contributed by atoms with Crippen molar-refractivity contribution in [2.45, 2.75) is 30.0 Å². The van der Waals surface area contributed by atoms with E-state index in [4.69, 9.17) is 39.2 Å². The van der Waals surface area contributed by atoms with Crippen molar-refractivity contribution in [2.75, 3.05) is 5.32 Å². The quantitative estimate of drug-likeness (QED) is 0.511. The third-order valence-electron chi connectivity index (χ3n) is 4.22. The summed E-state index contributed by atoms with van der Waals surface area (Å²) in [4.78, 5) is 16.4. The Hall–Kier alpha value is -1.75. The number of rotatable bonds is 4. The number of anilines is 1. The Morgan fingerprint density at radius 2 is 2.00 bits per heavy atom. The summed E-state index contributed by atoms with van der Waals surface area (Å²) >= 11 is 16.8. The van der Waals surface area contributed by atoms with Gasteiger partial charge in [0.1, 0.15) is 5.52 Å². The number of nitrogens with one attached hydrogen (secondary N) is 1. The molecule has 136 valence electrons. The van der Waals surface area contributed by atoms with Crippen LogP contribution in [0.3, 0.4) is 0 Å². The van der Waals surface area contributed by atoms with Gasteiger partial charge in [-0.2, -0.15) is 0 Å². The second kappa shape index (κ2) is 7.47. The maximum Gasteiger partial charge on any atom is 0.276 e. The van der Waals surface area contributed by atoms with Crippen LogP contribution in [0.15, 0.2) is 46.9 Å². The summed E-state index contributed by atoms with van der Waals surface area (Å²) in [5, 5.41) is 2.55. The molecule has 0 bridgehead atoms. The van der Waals surface area contributed by atoms with Crippen molar-refractivity contribution in [1.82, 2.24) is 4.98 Å². The van der Waals surface area contributed by atoms with Gasteiger partial charge in [-0.3, -0.25) is 4.79 Å². The Labute approximate surface area is 166 Å². The number of alkyl halides is 3. The van der Waals surface area contributed by atoms with Gasteiger partial charge in [0, 0.05) is 11.3 Å². The number of halogens is 3. The summed E-state index contributed by atoms with van der Waals surface area (Å²) in [7, 11) is 0. The van der Waals surface area contributed by atoms with Crippen molar-refractivity contribution in [3.05, 3.63) is 48.0 Å². The first-order valence-corrected chi connectivity index (χ1v) is 9.30. The number of hydrogen-bond donors (Lipinski definition) is 1. The van der Waals surface area contributed by atoms with Gasteiger partial charge in [0.15, 0.2) is 5.58 Å². The van der Waals surface area contributed by atoms with Gasteiger partial charge in [-0.05, 0) is 48.2 Å². The molecule has 3 rings (SSSR count). The van der Waals surface area contributed by atoms with E-state index in [0.717, 1.165) is 11.9 Å². The molecule has 1 atom stereocenters. The molecule has 0 spiro atoms. The zero-order valence-electron chi connectivity index (χ0n) is 14.2. The average molecular weight is 412 g/mol. The van der Waals surface area contributed by atoms with Crippen LogP contribution in [0.4, 0.5) is 5.69 Å². The molecule has 1 N–H and O–H groups in total. The van der Waals surface area contributed by atoms with Gasteiger partial charge in [-0.1, -0.05) is 60.8 Å². The molecular weight excluding hydrogens is 395 g/mol. The molecule has 26 heavy (non-hydrogen) atoms. The molecule has 1 aromatic heterocycles. The summed E-state index contributed by atoms with van der Waals surface area (Å²) in [5.74, 6) is 0.196. The maximum absolute atomic E-state index is 11.8. The van der Waals surface area contributed by atoms with E-state index in [9.17, 15) is 4.79 Å². The predicted molar refractivity (Wildman–Crippen MR) is 107 cm³/mol. The minimum atomic E-state index is -2.03. The Morgan fingerprint density at radius 1 is 1.23 bits per heavy atom.